The maximum Gasteiger partial charge on any atom is 0.310 e. The number of aromatic nitrogens is 1. The van der Waals surface area contributed by atoms with Gasteiger partial charge in [0.05, 0.1) is 6.42 Å². The zero-order chi connectivity index (χ0) is 16.1. The summed E-state index contributed by atoms with van der Waals surface area (Å²) >= 11 is 0. The van der Waals surface area contributed by atoms with E-state index in [1.54, 1.807) is 12.1 Å². The summed E-state index contributed by atoms with van der Waals surface area (Å²) in [4.78, 5) is 16.0. The first-order chi connectivity index (χ1) is 11.2. The van der Waals surface area contributed by atoms with Crippen molar-refractivity contribution in [2.24, 2.45) is 0 Å². The molecule has 0 aliphatic rings. The maximum absolute atomic E-state index is 11.6. The van der Waals surface area contributed by atoms with E-state index in [0.29, 0.717) is 11.6 Å². The molecule has 5 nitrogen and oxygen atoms in total. The van der Waals surface area contributed by atoms with Gasteiger partial charge in [-0.25, -0.2) is 0 Å². The average Bonchev–Trinajstić information content (AvgIpc) is 2.95. The van der Waals surface area contributed by atoms with E-state index in [1.165, 1.54) is 0 Å². The molecule has 0 aliphatic heterocycles. The number of anilines is 2. The van der Waals surface area contributed by atoms with Crippen molar-refractivity contribution < 1.29 is 13.9 Å². The molecular weight excluding hydrogens is 292 g/mol. The molecule has 0 aliphatic carbocycles. The first-order valence-corrected chi connectivity index (χ1v) is 7.22. The zero-order valence-electron chi connectivity index (χ0n) is 12.5. The third kappa shape index (κ3) is 3.77. The van der Waals surface area contributed by atoms with E-state index in [9.17, 15) is 4.79 Å². The van der Waals surface area contributed by atoms with Gasteiger partial charge >= 0.3 is 5.97 Å². The number of hydrogen-bond acceptors (Lipinski definition) is 5. The number of hydrogen-bond donors (Lipinski definition) is 1. The second-order valence-corrected chi connectivity index (χ2v) is 4.96. The zero-order valence-corrected chi connectivity index (χ0v) is 12.5. The molecule has 1 heterocycles. The predicted octanol–water partition coefficient (Wildman–Crippen LogP) is 3.84. The molecule has 3 aromatic rings. The Balaban J connectivity index is 1.75. The van der Waals surface area contributed by atoms with E-state index in [-0.39, 0.29) is 19.0 Å². The maximum atomic E-state index is 11.6. The molecule has 0 saturated heterocycles. The van der Waals surface area contributed by atoms with E-state index >= 15 is 0 Å². The summed E-state index contributed by atoms with van der Waals surface area (Å²) in [6.45, 7) is 3.73. The van der Waals surface area contributed by atoms with Crippen molar-refractivity contribution in [2.45, 2.75) is 6.42 Å². The van der Waals surface area contributed by atoms with Gasteiger partial charge in [0.15, 0.2) is 5.58 Å². The van der Waals surface area contributed by atoms with Crippen molar-refractivity contribution in [2.75, 3.05) is 11.9 Å². The van der Waals surface area contributed by atoms with Crippen molar-refractivity contribution in [3.05, 3.63) is 66.7 Å². The highest BCUT2D eigenvalue weighted by Gasteiger charge is 2.09. The minimum atomic E-state index is -0.300. The first kappa shape index (κ1) is 14.8. The molecule has 0 spiro atoms. The summed E-state index contributed by atoms with van der Waals surface area (Å²) in [5.41, 5.74) is 3.06. The number of esters is 1. The van der Waals surface area contributed by atoms with E-state index in [2.05, 4.69) is 16.9 Å². The lowest BCUT2D eigenvalue weighted by atomic mass is 10.1. The highest BCUT2D eigenvalue weighted by molar-refractivity contribution is 5.79. The predicted molar refractivity (Wildman–Crippen MR) is 88.6 cm³/mol. The minimum Gasteiger partial charge on any atom is -0.461 e. The summed E-state index contributed by atoms with van der Waals surface area (Å²) in [7, 11) is 0. The monoisotopic (exact) mass is 308 g/mol. The molecule has 0 atom stereocenters. The Morgan fingerprint density at radius 1 is 1.26 bits per heavy atom. The lowest BCUT2D eigenvalue weighted by Gasteiger charge is -2.01. The highest BCUT2D eigenvalue weighted by Crippen LogP contribution is 2.23. The smallest absolute Gasteiger partial charge is 0.310 e. The Bertz CT molecular complexity index is 825. The number of para-hydroxylation sites is 1. The molecule has 0 saturated carbocycles. The largest absolute Gasteiger partial charge is 0.461 e. The molecule has 0 bridgehead atoms. The second-order valence-electron chi connectivity index (χ2n) is 4.96. The molecule has 1 N–H and O–H groups in total. The quantitative estimate of drug-likeness (QED) is 0.553. The number of oxazole rings is 1. The van der Waals surface area contributed by atoms with Crippen LogP contribution in [0.1, 0.15) is 5.56 Å². The van der Waals surface area contributed by atoms with Gasteiger partial charge in [-0.15, -0.1) is 0 Å². The lowest BCUT2D eigenvalue weighted by molar-refractivity contribution is -0.141. The van der Waals surface area contributed by atoms with Crippen LogP contribution in [-0.4, -0.2) is 17.6 Å². The SMILES string of the molecule is C=CCOC(=O)Cc1ccc2nc(Nc3ccccc3)oc2c1. The Labute approximate surface area is 133 Å². The Morgan fingerprint density at radius 2 is 2.09 bits per heavy atom. The van der Waals surface area contributed by atoms with Crippen LogP contribution in [0.3, 0.4) is 0 Å². The summed E-state index contributed by atoms with van der Waals surface area (Å²) in [5.74, 6) is -0.300. The molecular formula is C18H16N2O3. The van der Waals surface area contributed by atoms with E-state index < -0.39 is 0 Å². The summed E-state index contributed by atoms with van der Waals surface area (Å²) < 4.78 is 10.7. The van der Waals surface area contributed by atoms with E-state index in [0.717, 1.165) is 16.8 Å². The van der Waals surface area contributed by atoms with Gasteiger partial charge in [-0.05, 0) is 29.8 Å². The normalized spacial score (nSPS) is 10.4. The van der Waals surface area contributed by atoms with Gasteiger partial charge in [0.25, 0.3) is 6.01 Å². The van der Waals surface area contributed by atoms with Gasteiger partial charge in [0.1, 0.15) is 12.1 Å². The molecule has 0 unspecified atom stereocenters. The lowest BCUT2D eigenvalue weighted by Crippen LogP contribution is -2.07. The number of carbonyl (C=O) groups is 1. The van der Waals surface area contributed by atoms with Gasteiger partial charge in [0.2, 0.25) is 0 Å². The molecule has 0 fully saturated rings. The summed E-state index contributed by atoms with van der Waals surface area (Å²) in [6, 6.07) is 15.5. The summed E-state index contributed by atoms with van der Waals surface area (Å²) in [6.07, 6.45) is 1.73. The van der Waals surface area contributed by atoms with Crippen molar-refractivity contribution in [1.82, 2.24) is 4.98 Å². The average molecular weight is 308 g/mol. The van der Waals surface area contributed by atoms with Crippen LogP contribution in [0.15, 0.2) is 65.6 Å². The van der Waals surface area contributed by atoms with Crippen LogP contribution >= 0.6 is 0 Å². The van der Waals surface area contributed by atoms with Crippen LogP contribution in [0.4, 0.5) is 11.7 Å². The molecule has 5 heteroatoms. The third-order valence-corrected chi connectivity index (χ3v) is 3.19. The van der Waals surface area contributed by atoms with Gasteiger partial charge in [-0.1, -0.05) is 36.9 Å². The highest BCUT2D eigenvalue weighted by atomic mass is 16.5. The number of fused-ring (bicyclic) bond motifs is 1. The van der Waals surface area contributed by atoms with E-state index in [1.807, 2.05) is 42.5 Å². The topological polar surface area (TPSA) is 64.4 Å². The van der Waals surface area contributed by atoms with Crippen LogP contribution in [0.25, 0.3) is 11.1 Å². The minimum absolute atomic E-state index is 0.186. The first-order valence-electron chi connectivity index (χ1n) is 7.22. The van der Waals surface area contributed by atoms with Crippen LogP contribution < -0.4 is 5.32 Å². The van der Waals surface area contributed by atoms with Crippen molar-refractivity contribution in [1.29, 1.82) is 0 Å². The molecule has 0 radical (unpaired) electrons. The fourth-order valence-corrected chi connectivity index (χ4v) is 2.15. The third-order valence-electron chi connectivity index (χ3n) is 3.19. The molecule has 23 heavy (non-hydrogen) atoms. The Kier molecular flexibility index (Phi) is 4.38. The molecule has 1 aromatic heterocycles. The molecule has 116 valence electrons. The Morgan fingerprint density at radius 3 is 2.87 bits per heavy atom. The van der Waals surface area contributed by atoms with Gasteiger partial charge in [0, 0.05) is 5.69 Å². The van der Waals surface area contributed by atoms with Gasteiger partial charge in [-0.2, -0.15) is 4.98 Å². The molecule has 3 rings (SSSR count). The fraction of sp³-hybridized carbons (Fsp3) is 0.111. The van der Waals surface area contributed by atoms with Crippen LogP contribution in [0, 0.1) is 0 Å². The molecule has 0 amide bonds. The van der Waals surface area contributed by atoms with Crippen molar-refractivity contribution in [3.63, 3.8) is 0 Å². The number of ether oxygens (including phenoxy) is 1. The van der Waals surface area contributed by atoms with Gasteiger partial charge < -0.3 is 14.5 Å². The van der Waals surface area contributed by atoms with Crippen LogP contribution in [0.2, 0.25) is 0 Å². The fourth-order valence-electron chi connectivity index (χ4n) is 2.15. The van der Waals surface area contributed by atoms with Crippen molar-refractivity contribution >= 4 is 28.8 Å². The van der Waals surface area contributed by atoms with Crippen LogP contribution in [0.5, 0.6) is 0 Å². The van der Waals surface area contributed by atoms with Crippen molar-refractivity contribution in [3.8, 4) is 0 Å². The number of rotatable bonds is 6. The number of benzene rings is 2. The Hall–Kier alpha value is -3.08. The second kappa shape index (κ2) is 6.79. The van der Waals surface area contributed by atoms with E-state index in [4.69, 9.17) is 9.15 Å². The number of nitrogens with zero attached hydrogens (tertiary/aromatic N) is 1. The molecule has 2 aromatic carbocycles. The number of carbonyl (C=O) groups excluding carboxylic acids is 1. The van der Waals surface area contributed by atoms with Crippen LogP contribution in [-0.2, 0) is 16.0 Å². The van der Waals surface area contributed by atoms with Gasteiger partial charge in [-0.3, -0.25) is 4.79 Å². The summed E-state index contributed by atoms with van der Waals surface area (Å²) in [5, 5.41) is 3.10. The number of nitrogens with one attached hydrogen (secondary N) is 1. The standard InChI is InChI=1S/C18H16N2O3/c1-2-10-22-17(21)12-13-8-9-15-16(11-13)23-18(20-15)19-14-6-4-3-5-7-14/h2-9,11H,1,10,12H2,(H,19,20).